The summed E-state index contributed by atoms with van der Waals surface area (Å²) >= 11 is 0. The second-order valence-electron chi connectivity index (χ2n) is 16.5. The van der Waals surface area contributed by atoms with Crippen molar-refractivity contribution in [3.8, 4) is 78.9 Å². The van der Waals surface area contributed by atoms with Crippen LogP contribution in [0.2, 0.25) is 0 Å². The second-order valence-corrected chi connectivity index (χ2v) is 16.5. The molecule has 0 amide bonds. The van der Waals surface area contributed by atoms with Gasteiger partial charge in [0.05, 0.1) is 32.8 Å². The Morgan fingerprint density at radius 3 is 0.906 bits per heavy atom. The molecular formula is C60H38N2O2. The summed E-state index contributed by atoms with van der Waals surface area (Å²) < 4.78 is 19.0. The summed E-state index contributed by atoms with van der Waals surface area (Å²) in [5, 5.41) is 4.22. The maximum Gasteiger partial charge on any atom is 0.180 e. The van der Waals surface area contributed by atoms with Crippen LogP contribution in [0, 0.1) is 0 Å². The zero-order valence-corrected chi connectivity index (χ0v) is 34.7. The zero-order chi connectivity index (χ0) is 42.1. The summed E-state index contributed by atoms with van der Waals surface area (Å²) in [6.45, 7) is 0. The van der Waals surface area contributed by atoms with Crippen LogP contribution in [0.5, 0.6) is 23.0 Å². The summed E-state index contributed by atoms with van der Waals surface area (Å²) in [5.74, 6) is 2.81. The van der Waals surface area contributed by atoms with Crippen LogP contribution in [0.1, 0.15) is 0 Å². The molecule has 0 saturated carbocycles. The Morgan fingerprint density at radius 1 is 0.250 bits per heavy atom. The van der Waals surface area contributed by atoms with Gasteiger partial charge in [-0.1, -0.05) is 158 Å². The van der Waals surface area contributed by atoms with Gasteiger partial charge in [0.15, 0.2) is 23.0 Å². The Labute approximate surface area is 370 Å². The SMILES string of the molecule is c1ccc(-c2cc(-c3ccccc3)cc(-n3c4ccccc4c4c5c(ccc43)Oc3c(ccc4c3c3ccccc3n4-c3cc(-c4ccccc4)cc(-c4ccccc4)c3)O5)c2)cc1. The number of nitrogens with zero attached hydrogens (tertiary/aromatic N) is 2. The fraction of sp³-hybridized carbons (Fsp3) is 0. The van der Waals surface area contributed by atoms with Gasteiger partial charge in [-0.25, -0.2) is 0 Å². The Balaban J connectivity index is 0.992. The molecule has 0 radical (unpaired) electrons. The van der Waals surface area contributed by atoms with E-state index in [2.05, 4.69) is 240 Å². The molecule has 4 heteroatoms. The summed E-state index contributed by atoms with van der Waals surface area (Å²) in [6.07, 6.45) is 0. The number of benzene rings is 10. The minimum Gasteiger partial charge on any atom is -0.449 e. The lowest BCUT2D eigenvalue weighted by Gasteiger charge is -2.23. The molecule has 2 aromatic heterocycles. The highest BCUT2D eigenvalue weighted by Crippen LogP contribution is 2.55. The molecule has 0 spiro atoms. The lowest BCUT2D eigenvalue weighted by Crippen LogP contribution is -2.01. The van der Waals surface area contributed by atoms with Crippen LogP contribution in [-0.4, -0.2) is 9.13 Å². The molecule has 64 heavy (non-hydrogen) atoms. The molecule has 13 rings (SSSR count). The van der Waals surface area contributed by atoms with Crippen molar-refractivity contribution in [2.75, 3.05) is 0 Å². The standard InChI is InChI=1S/C60H38N2O2/c1-5-17-39(18-6-1)43-33-44(40-19-7-2-8-20-40)36-47(35-43)61-51-27-15-13-25-49(51)57-53(61)29-31-55-59(57)63-56-32-30-54-58(60(56)64-55)50-26-14-16-28-52(50)62(54)48-37-45(41-21-9-3-10-22-41)34-46(38-48)42-23-11-4-12-24-42/h1-38H. The maximum absolute atomic E-state index is 7.11. The third-order valence-corrected chi connectivity index (χ3v) is 12.7. The van der Waals surface area contributed by atoms with Gasteiger partial charge >= 0.3 is 0 Å². The average molecular weight is 819 g/mol. The van der Waals surface area contributed by atoms with Crippen molar-refractivity contribution >= 4 is 43.6 Å². The minimum atomic E-state index is 0.688. The van der Waals surface area contributed by atoms with E-state index in [-0.39, 0.29) is 0 Å². The van der Waals surface area contributed by atoms with Gasteiger partial charge in [-0.05, 0) is 117 Å². The molecule has 0 unspecified atom stereocenters. The van der Waals surface area contributed by atoms with Gasteiger partial charge in [-0.15, -0.1) is 0 Å². The number of ether oxygens (including phenoxy) is 2. The molecule has 1 aliphatic rings. The highest BCUT2D eigenvalue weighted by atomic mass is 16.6. The highest BCUT2D eigenvalue weighted by Gasteiger charge is 2.29. The van der Waals surface area contributed by atoms with Gasteiger partial charge in [-0.2, -0.15) is 0 Å². The molecule has 0 fully saturated rings. The van der Waals surface area contributed by atoms with Crippen LogP contribution in [0.3, 0.4) is 0 Å². The zero-order valence-electron chi connectivity index (χ0n) is 34.7. The first-order chi connectivity index (χ1) is 31.7. The molecule has 10 aromatic carbocycles. The monoisotopic (exact) mass is 818 g/mol. The molecule has 0 saturated heterocycles. The summed E-state index contributed by atoms with van der Waals surface area (Å²) in [5.41, 5.74) is 15.7. The molecule has 4 nitrogen and oxygen atoms in total. The van der Waals surface area contributed by atoms with Crippen LogP contribution in [0.15, 0.2) is 231 Å². The number of rotatable bonds is 6. The van der Waals surface area contributed by atoms with E-state index >= 15 is 0 Å². The topological polar surface area (TPSA) is 28.3 Å². The smallest absolute Gasteiger partial charge is 0.180 e. The van der Waals surface area contributed by atoms with E-state index in [0.29, 0.717) is 23.0 Å². The minimum absolute atomic E-state index is 0.688. The predicted octanol–water partition coefficient (Wildman–Crippen LogP) is 16.4. The average Bonchev–Trinajstić information content (AvgIpc) is 3.90. The molecule has 300 valence electrons. The van der Waals surface area contributed by atoms with Crippen LogP contribution >= 0.6 is 0 Å². The molecule has 0 atom stereocenters. The fourth-order valence-corrected chi connectivity index (χ4v) is 9.83. The van der Waals surface area contributed by atoms with Crippen molar-refractivity contribution < 1.29 is 9.47 Å². The van der Waals surface area contributed by atoms with Crippen molar-refractivity contribution in [3.05, 3.63) is 231 Å². The second kappa shape index (κ2) is 14.5. The van der Waals surface area contributed by atoms with Crippen molar-refractivity contribution in [1.29, 1.82) is 0 Å². The van der Waals surface area contributed by atoms with Gasteiger partial charge in [-0.3, -0.25) is 0 Å². The van der Waals surface area contributed by atoms with E-state index in [1.165, 1.54) is 22.3 Å². The van der Waals surface area contributed by atoms with Crippen molar-refractivity contribution in [2.24, 2.45) is 0 Å². The van der Waals surface area contributed by atoms with Gasteiger partial charge < -0.3 is 18.6 Å². The van der Waals surface area contributed by atoms with E-state index in [0.717, 1.165) is 77.2 Å². The molecule has 12 aromatic rings. The molecular weight excluding hydrogens is 781 g/mol. The summed E-state index contributed by atoms with van der Waals surface area (Å²) in [4.78, 5) is 0. The first-order valence-electron chi connectivity index (χ1n) is 21.7. The lowest BCUT2D eigenvalue weighted by molar-refractivity contribution is 0.367. The fourth-order valence-electron chi connectivity index (χ4n) is 9.83. The Morgan fingerprint density at radius 2 is 0.562 bits per heavy atom. The number of fused-ring (bicyclic) bond motifs is 10. The van der Waals surface area contributed by atoms with Gasteiger partial charge in [0, 0.05) is 22.1 Å². The Kier molecular flexibility index (Phi) is 8.18. The quantitative estimate of drug-likeness (QED) is 0.167. The van der Waals surface area contributed by atoms with Gasteiger partial charge in [0.25, 0.3) is 0 Å². The van der Waals surface area contributed by atoms with Crippen LogP contribution in [0.25, 0.3) is 99.5 Å². The summed E-state index contributed by atoms with van der Waals surface area (Å²) in [7, 11) is 0. The van der Waals surface area contributed by atoms with Gasteiger partial charge in [0.1, 0.15) is 0 Å². The summed E-state index contributed by atoms with van der Waals surface area (Å²) in [6, 6.07) is 82.0. The van der Waals surface area contributed by atoms with Gasteiger partial charge in [0.2, 0.25) is 0 Å². The normalized spacial score (nSPS) is 12.0. The van der Waals surface area contributed by atoms with Crippen molar-refractivity contribution in [1.82, 2.24) is 9.13 Å². The number of hydrogen-bond acceptors (Lipinski definition) is 2. The number of hydrogen-bond donors (Lipinski definition) is 0. The number of aromatic nitrogens is 2. The molecule has 0 aliphatic carbocycles. The van der Waals surface area contributed by atoms with Crippen LogP contribution < -0.4 is 9.47 Å². The van der Waals surface area contributed by atoms with Crippen molar-refractivity contribution in [3.63, 3.8) is 0 Å². The Hall–Kier alpha value is -8.60. The number of para-hydroxylation sites is 2. The van der Waals surface area contributed by atoms with Crippen LogP contribution in [-0.2, 0) is 0 Å². The predicted molar refractivity (Wildman–Crippen MR) is 263 cm³/mol. The maximum atomic E-state index is 7.11. The molecule has 3 heterocycles. The van der Waals surface area contributed by atoms with E-state index in [9.17, 15) is 0 Å². The molecule has 0 N–H and O–H groups in total. The van der Waals surface area contributed by atoms with E-state index < -0.39 is 0 Å². The largest absolute Gasteiger partial charge is 0.449 e. The molecule has 0 bridgehead atoms. The lowest BCUT2D eigenvalue weighted by atomic mass is 9.98. The van der Waals surface area contributed by atoms with E-state index in [1.807, 2.05) is 0 Å². The van der Waals surface area contributed by atoms with Crippen LogP contribution in [0.4, 0.5) is 0 Å². The molecule has 1 aliphatic heterocycles. The third kappa shape index (κ3) is 5.77. The van der Waals surface area contributed by atoms with E-state index in [1.54, 1.807) is 0 Å². The highest BCUT2D eigenvalue weighted by molar-refractivity contribution is 6.16. The first-order valence-corrected chi connectivity index (χ1v) is 21.7. The first kappa shape index (κ1) is 36.1. The Bertz CT molecular complexity index is 3390. The third-order valence-electron chi connectivity index (χ3n) is 12.7. The van der Waals surface area contributed by atoms with Crippen molar-refractivity contribution in [2.45, 2.75) is 0 Å². The van der Waals surface area contributed by atoms with E-state index in [4.69, 9.17) is 9.47 Å².